The van der Waals surface area contributed by atoms with E-state index in [0.29, 0.717) is 23.7 Å². The van der Waals surface area contributed by atoms with Crippen LogP contribution in [0.3, 0.4) is 0 Å². The third-order valence-electron chi connectivity index (χ3n) is 2.76. The van der Waals surface area contributed by atoms with Gasteiger partial charge in [0.05, 0.1) is 12.8 Å². The molecule has 0 atom stereocenters. The van der Waals surface area contributed by atoms with Crippen LogP contribution in [0.25, 0.3) is 0 Å². The first-order chi connectivity index (χ1) is 10.2. The van der Waals surface area contributed by atoms with E-state index in [-0.39, 0.29) is 12.4 Å². The molecule has 0 amide bonds. The average molecular weight is 289 g/mol. The van der Waals surface area contributed by atoms with Gasteiger partial charge in [-0.1, -0.05) is 17.3 Å². The lowest BCUT2D eigenvalue weighted by molar-refractivity contribution is 0.269. The van der Waals surface area contributed by atoms with Gasteiger partial charge in [0, 0.05) is 5.56 Å². The van der Waals surface area contributed by atoms with Crippen molar-refractivity contribution in [2.24, 2.45) is 5.16 Å². The Labute approximate surface area is 122 Å². The first-order valence-electron chi connectivity index (χ1n) is 6.54. The second-order valence-corrected chi connectivity index (χ2v) is 4.30. The summed E-state index contributed by atoms with van der Waals surface area (Å²) in [6, 6.07) is 11.4. The van der Waals surface area contributed by atoms with Crippen LogP contribution in [-0.2, 0) is 6.61 Å². The van der Waals surface area contributed by atoms with Crippen LogP contribution in [0.15, 0.2) is 47.6 Å². The molecule has 0 fully saturated rings. The van der Waals surface area contributed by atoms with Crippen LogP contribution in [0, 0.1) is 5.82 Å². The zero-order chi connectivity index (χ0) is 15.1. The molecule has 110 valence electrons. The summed E-state index contributed by atoms with van der Waals surface area (Å²) >= 11 is 0. The van der Waals surface area contributed by atoms with Gasteiger partial charge in [0.25, 0.3) is 0 Å². The van der Waals surface area contributed by atoms with Crippen molar-refractivity contribution < 1.29 is 19.1 Å². The van der Waals surface area contributed by atoms with Crippen molar-refractivity contribution in [3.05, 3.63) is 59.4 Å². The Balaban J connectivity index is 2.14. The van der Waals surface area contributed by atoms with E-state index in [9.17, 15) is 4.39 Å². The molecule has 0 saturated carbocycles. The molecule has 0 bridgehead atoms. The molecule has 0 spiro atoms. The molecule has 0 saturated heterocycles. The van der Waals surface area contributed by atoms with Gasteiger partial charge >= 0.3 is 0 Å². The maximum atomic E-state index is 13.1. The van der Waals surface area contributed by atoms with Gasteiger partial charge in [-0.25, -0.2) is 4.39 Å². The molecule has 0 aromatic heterocycles. The van der Waals surface area contributed by atoms with Gasteiger partial charge in [0.1, 0.15) is 12.4 Å². The molecule has 5 heteroatoms. The van der Waals surface area contributed by atoms with Crippen molar-refractivity contribution >= 4 is 6.21 Å². The van der Waals surface area contributed by atoms with Gasteiger partial charge in [-0.3, -0.25) is 0 Å². The highest BCUT2D eigenvalue weighted by Crippen LogP contribution is 2.28. The molecule has 0 aliphatic heterocycles. The fourth-order valence-electron chi connectivity index (χ4n) is 1.85. The molecule has 2 aromatic carbocycles. The Kier molecular flexibility index (Phi) is 5.15. The van der Waals surface area contributed by atoms with E-state index in [1.165, 1.54) is 18.3 Å². The quantitative estimate of drug-likeness (QED) is 0.502. The van der Waals surface area contributed by atoms with E-state index in [1.54, 1.807) is 30.3 Å². The maximum Gasteiger partial charge on any atom is 0.161 e. The molecule has 0 heterocycles. The van der Waals surface area contributed by atoms with E-state index in [4.69, 9.17) is 14.7 Å². The smallest absolute Gasteiger partial charge is 0.161 e. The maximum absolute atomic E-state index is 13.1. The summed E-state index contributed by atoms with van der Waals surface area (Å²) in [4.78, 5) is 0. The van der Waals surface area contributed by atoms with Crippen molar-refractivity contribution in [3.63, 3.8) is 0 Å². The topological polar surface area (TPSA) is 51.0 Å². The molecule has 1 N–H and O–H groups in total. The number of rotatable bonds is 6. The molecule has 2 rings (SSSR count). The van der Waals surface area contributed by atoms with Crippen LogP contribution in [0.1, 0.15) is 18.1 Å². The van der Waals surface area contributed by atoms with Gasteiger partial charge in [-0.2, -0.15) is 0 Å². The lowest BCUT2D eigenvalue weighted by Crippen LogP contribution is -2.00. The predicted octanol–water partition coefficient (Wildman–Crippen LogP) is 3.61. The largest absolute Gasteiger partial charge is 0.490 e. The van der Waals surface area contributed by atoms with Gasteiger partial charge in [-0.05, 0) is 42.8 Å². The highest BCUT2D eigenvalue weighted by atomic mass is 19.1. The van der Waals surface area contributed by atoms with E-state index in [0.717, 1.165) is 5.56 Å². The number of ether oxygens (including phenoxy) is 2. The highest BCUT2D eigenvalue weighted by molar-refractivity contribution is 5.80. The van der Waals surface area contributed by atoms with Crippen LogP contribution in [0.2, 0.25) is 0 Å². The molecule has 0 aliphatic rings. The standard InChI is InChI=1S/C16H16FNO3/c1-2-20-16-9-12(10-18-19)6-7-15(16)21-11-13-4-3-5-14(17)8-13/h3-10,19H,2,11H2,1H3. The van der Waals surface area contributed by atoms with Crippen LogP contribution in [0.5, 0.6) is 11.5 Å². The second kappa shape index (κ2) is 7.28. The first kappa shape index (κ1) is 14.8. The first-order valence-corrected chi connectivity index (χ1v) is 6.54. The van der Waals surface area contributed by atoms with Crippen LogP contribution in [0.4, 0.5) is 4.39 Å². The van der Waals surface area contributed by atoms with Gasteiger partial charge < -0.3 is 14.7 Å². The molecular formula is C16H16FNO3. The minimum Gasteiger partial charge on any atom is -0.490 e. The summed E-state index contributed by atoms with van der Waals surface area (Å²) in [5, 5.41) is 11.5. The highest BCUT2D eigenvalue weighted by Gasteiger charge is 2.07. The Hall–Kier alpha value is -2.56. The third-order valence-corrected chi connectivity index (χ3v) is 2.76. The Bertz CT molecular complexity index is 629. The molecule has 2 aromatic rings. The Morgan fingerprint density at radius 1 is 1.14 bits per heavy atom. The normalized spacial score (nSPS) is 10.8. The molecule has 0 unspecified atom stereocenters. The zero-order valence-corrected chi connectivity index (χ0v) is 11.6. The van der Waals surface area contributed by atoms with Crippen molar-refractivity contribution in [2.75, 3.05) is 6.61 Å². The van der Waals surface area contributed by atoms with Crippen LogP contribution < -0.4 is 9.47 Å². The van der Waals surface area contributed by atoms with E-state index in [2.05, 4.69) is 5.16 Å². The molecular weight excluding hydrogens is 273 g/mol. The lowest BCUT2D eigenvalue weighted by atomic mass is 10.2. The van der Waals surface area contributed by atoms with Crippen molar-refractivity contribution in [3.8, 4) is 11.5 Å². The van der Waals surface area contributed by atoms with Gasteiger partial charge in [-0.15, -0.1) is 0 Å². The number of hydrogen-bond acceptors (Lipinski definition) is 4. The van der Waals surface area contributed by atoms with Crippen molar-refractivity contribution in [2.45, 2.75) is 13.5 Å². The fourth-order valence-corrected chi connectivity index (χ4v) is 1.85. The number of oxime groups is 1. The van der Waals surface area contributed by atoms with Gasteiger partial charge in [0.2, 0.25) is 0 Å². The lowest BCUT2D eigenvalue weighted by Gasteiger charge is -2.12. The summed E-state index contributed by atoms with van der Waals surface area (Å²) < 4.78 is 24.3. The summed E-state index contributed by atoms with van der Waals surface area (Å²) in [7, 11) is 0. The fraction of sp³-hybridized carbons (Fsp3) is 0.188. The second-order valence-electron chi connectivity index (χ2n) is 4.30. The number of nitrogens with zero attached hydrogens (tertiary/aromatic N) is 1. The van der Waals surface area contributed by atoms with E-state index < -0.39 is 0 Å². The number of halogens is 1. The van der Waals surface area contributed by atoms with Gasteiger partial charge in [0.15, 0.2) is 11.5 Å². The summed E-state index contributed by atoms with van der Waals surface area (Å²) in [6.07, 6.45) is 1.30. The predicted molar refractivity (Wildman–Crippen MR) is 77.7 cm³/mol. The summed E-state index contributed by atoms with van der Waals surface area (Å²) in [5.74, 6) is 0.804. The molecule has 0 aliphatic carbocycles. The molecule has 0 radical (unpaired) electrons. The Morgan fingerprint density at radius 3 is 2.71 bits per heavy atom. The summed E-state index contributed by atoms with van der Waals surface area (Å²) in [6.45, 7) is 2.59. The zero-order valence-electron chi connectivity index (χ0n) is 11.6. The minimum atomic E-state index is -0.296. The van der Waals surface area contributed by atoms with Crippen molar-refractivity contribution in [1.29, 1.82) is 0 Å². The van der Waals surface area contributed by atoms with Crippen LogP contribution >= 0.6 is 0 Å². The summed E-state index contributed by atoms with van der Waals surface area (Å²) in [5.41, 5.74) is 1.43. The van der Waals surface area contributed by atoms with E-state index >= 15 is 0 Å². The number of hydrogen-bond donors (Lipinski definition) is 1. The van der Waals surface area contributed by atoms with Crippen LogP contribution in [-0.4, -0.2) is 18.0 Å². The SMILES string of the molecule is CCOc1cc(C=NO)ccc1OCc1cccc(F)c1. The third kappa shape index (κ3) is 4.21. The molecule has 21 heavy (non-hydrogen) atoms. The molecule has 4 nitrogen and oxygen atoms in total. The van der Waals surface area contributed by atoms with E-state index in [1.807, 2.05) is 6.92 Å². The number of benzene rings is 2. The Morgan fingerprint density at radius 2 is 2.00 bits per heavy atom. The minimum absolute atomic E-state index is 0.241. The van der Waals surface area contributed by atoms with Crippen molar-refractivity contribution in [1.82, 2.24) is 0 Å². The monoisotopic (exact) mass is 289 g/mol. The average Bonchev–Trinajstić information content (AvgIpc) is 2.47.